The molecule has 2 rings (SSSR count). The second-order valence-corrected chi connectivity index (χ2v) is 5.84. The molecule has 0 spiro atoms. The maximum Gasteiger partial charge on any atom is 0.237 e. The van der Waals surface area contributed by atoms with Crippen molar-refractivity contribution >= 4 is 5.91 Å². The fourth-order valence-electron chi connectivity index (χ4n) is 2.38. The molecule has 1 aliphatic carbocycles. The average molecular weight is 290 g/mol. The summed E-state index contributed by atoms with van der Waals surface area (Å²) in [5.41, 5.74) is 3.80. The van der Waals surface area contributed by atoms with Crippen molar-refractivity contribution in [2.75, 3.05) is 26.8 Å². The third-order valence-electron chi connectivity index (χ3n) is 3.99. The smallest absolute Gasteiger partial charge is 0.237 e. The van der Waals surface area contributed by atoms with Gasteiger partial charge in [-0.15, -0.1) is 0 Å². The Balaban J connectivity index is 1.92. The van der Waals surface area contributed by atoms with E-state index in [2.05, 4.69) is 37.4 Å². The first-order valence-corrected chi connectivity index (χ1v) is 7.67. The number of methoxy groups -OCH3 is 1. The second kappa shape index (κ2) is 7.57. The minimum atomic E-state index is 0.187. The third-order valence-corrected chi connectivity index (χ3v) is 3.99. The quantitative estimate of drug-likeness (QED) is 0.745. The highest BCUT2D eigenvalue weighted by Crippen LogP contribution is 2.28. The maximum atomic E-state index is 12.4. The summed E-state index contributed by atoms with van der Waals surface area (Å²) in [6.07, 6.45) is 2.27. The van der Waals surface area contributed by atoms with Crippen LogP contribution in [-0.2, 0) is 16.1 Å². The lowest BCUT2D eigenvalue weighted by atomic mass is 10.1. The molecule has 1 N–H and O–H groups in total. The van der Waals surface area contributed by atoms with Crippen molar-refractivity contribution in [1.29, 1.82) is 0 Å². The zero-order valence-corrected chi connectivity index (χ0v) is 13.3. The highest BCUT2D eigenvalue weighted by Gasteiger charge is 2.32. The van der Waals surface area contributed by atoms with Crippen molar-refractivity contribution in [3.63, 3.8) is 0 Å². The van der Waals surface area contributed by atoms with E-state index in [-0.39, 0.29) is 5.91 Å². The van der Waals surface area contributed by atoms with E-state index >= 15 is 0 Å². The number of hydrogen-bond acceptors (Lipinski definition) is 3. The van der Waals surface area contributed by atoms with Gasteiger partial charge in [-0.1, -0.05) is 18.2 Å². The molecule has 1 aromatic rings. The normalized spacial score (nSPS) is 14.2. The molecule has 4 nitrogen and oxygen atoms in total. The largest absolute Gasteiger partial charge is 0.383 e. The molecule has 1 aliphatic rings. The molecule has 0 saturated heterocycles. The van der Waals surface area contributed by atoms with Gasteiger partial charge in [-0.3, -0.25) is 4.79 Å². The van der Waals surface area contributed by atoms with Crippen LogP contribution in [0.25, 0.3) is 0 Å². The lowest BCUT2D eigenvalue weighted by Gasteiger charge is -2.23. The lowest BCUT2D eigenvalue weighted by molar-refractivity contribution is -0.131. The minimum absolute atomic E-state index is 0.187. The molecule has 0 heterocycles. The SMILES string of the molecule is COCCNCC(=O)N(Cc1ccc(C)c(C)c1)C1CC1. The first-order chi connectivity index (χ1) is 10.1. The van der Waals surface area contributed by atoms with Crippen molar-refractivity contribution in [3.05, 3.63) is 34.9 Å². The van der Waals surface area contributed by atoms with Crippen LogP contribution in [0.5, 0.6) is 0 Å². The first-order valence-electron chi connectivity index (χ1n) is 7.67. The topological polar surface area (TPSA) is 41.6 Å². The number of amides is 1. The number of hydrogen-bond donors (Lipinski definition) is 1. The van der Waals surface area contributed by atoms with Gasteiger partial charge in [-0.05, 0) is 43.4 Å². The van der Waals surface area contributed by atoms with E-state index in [0.29, 0.717) is 25.7 Å². The predicted molar refractivity (Wildman–Crippen MR) is 84.2 cm³/mol. The molecule has 1 amide bonds. The van der Waals surface area contributed by atoms with Crippen molar-refractivity contribution < 1.29 is 9.53 Å². The van der Waals surface area contributed by atoms with Crippen molar-refractivity contribution in [1.82, 2.24) is 10.2 Å². The fourth-order valence-corrected chi connectivity index (χ4v) is 2.38. The number of rotatable bonds is 8. The van der Waals surface area contributed by atoms with Gasteiger partial charge in [0.15, 0.2) is 0 Å². The second-order valence-electron chi connectivity index (χ2n) is 5.84. The molecular formula is C17H26N2O2. The summed E-state index contributed by atoms with van der Waals surface area (Å²) in [6.45, 7) is 6.69. The summed E-state index contributed by atoms with van der Waals surface area (Å²) in [7, 11) is 1.67. The predicted octanol–water partition coefficient (Wildman–Crippen LogP) is 2.03. The Morgan fingerprint density at radius 3 is 2.71 bits per heavy atom. The molecule has 0 radical (unpaired) electrons. The molecule has 116 valence electrons. The molecule has 1 saturated carbocycles. The van der Waals surface area contributed by atoms with E-state index in [4.69, 9.17) is 4.74 Å². The van der Waals surface area contributed by atoms with E-state index < -0.39 is 0 Å². The minimum Gasteiger partial charge on any atom is -0.383 e. The highest BCUT2D eigenvalue weighted by atomic mass is 16.5. The number of ether oxygens (including phenoxy) is 1. The number of nitrogens with one attached hydrogen (secondary N) is 1. The first kappa shape index (κ1) is 16.0. The van der Waals surface area contributed by atoms with Crippen molar-refractivity contribution in [2.45, 2.75) is 39.3 Å². The van der Waals surface area contributed by atoms with Crippen LogP contribution in [0.15, 0.2) is 18.2 Å². The van der Waals surface area contributed by atoms with Gasteiger partial charge in [-0.25, -0.2) is 0 Å². The Labute approximate surface area is 127 Å². The Hall–Kier alpha value is -1.39. The molecule has 4 heteroatoms. The molecule has 0 aliphatic heterocycles. The Morgan fingerprint density at radius 2 is 2.10 bits per heavy atom. The van der Waals surface area contributed by atoms with Crippen LogP contribution in [0.1, 0.15) is 29.5 Å². The van der Waals surface area contributed by atoms with E-state index in [9.17, 15) is 4.79 Å². The van der Waals surface area contributed by atoms with Crippen LogP contribution >= 0.6 is 0 Å². The molecule has 0 aromatic heterocycles. The molecular weight excluding hydrogens is 264 g/mol. The average Bonchev–Trinajstić information content (AvgIpc) is 3.29. The van der Waals surface area contributed by atoms with E-state index in [0.717, 1.165) is 19.4 Å². The van der Waals surface area contributed by atoms with Crippen LogP contribution in [0, 0.1) is 13.8 Å². The van der Waals surface area contributed by atoms with Crippen molar-refractivity contribution in [2.24, 2.45) is 0 Å². The molecule has 0 unspecified atom stereocenters. The van der Waals surface area contributed by atoms with Gasteiger partial charge >= 0.3 is 0 Å². The fraction of sp³-hybridized carbons (Fsp3) is 0.588. The van der Waals surface area contributed by atoms with E-state index in [1.54, 1.807) is 7.11 Å². The molecule has 1 fully saturated rings. The van der Waals surface area contributed by atoms with Gasteiger partial charge in [0.25, 0.3) is 0 Å². The Bertz CT molecular complexity index is 484. The van der Waals surface area contributed by atoms with Gasteiger partial charge in [0.05, 0.1) is 13.2 Å². The zero-order chi connectivity index (χ0) is 15.2. The van der Waals surface area contributed by atoms with Crippen LogP contribution in [0.3, 0.4) is 0 Å². The summed E-state index contributed by atoms with van der Waals surface area (Å²) in [6, 6.07) is 6.89. The molecule has 1 aromatic carbocycles. The van der Waals surface area contributed by atoms with E-state index in [1.807, 2.05) is 4.90 Å². The monoisotopic (exact) mass is 290 g/mol. The number of benzene rings is 1. The summed E-state index contributed by atoms with van der Waals surface area (Å²) < 4.78 is 4.98. The van der Waals surface area contributed by atoms with Gasteiger partial charge in [-0.2, -0.15) is 0 Å². The van der Waals surface area contributed by atoms with E-state index in [1.165, 1.54) is 16.7 Å². The zero-order valence-electron chi connectivity index (χ0n) is 13.3. The maximum absolute atomic E-state index is 12.4. The standard InChI is InChI=1S/C17H26N2O2/c1-13-4-5-15(10-14(13)2)12-19(16-6-7-16)17(20)11-18-8-9-21-3/h4-5,10,16,18H,6-9,11-12H2,1-3H3. The highest BCUT2D eigenvalue weighted by molar-refractivity contribution is 5.79. The van der Waals surface area contributed by atoms with Crippen molar-refractivity contribution in [3.8, 4) is 0 Å². The number of aryl methyl sites for hydroxylation is 2. The van der Waals surface area contributed by atoms with Crippen LogP contribution in [0.2, 0.25) is 0 Å². The van der Waals surface area contributed by atoms with Gasteiger partial charge < -0.3 is 15.0 Å². The Kier molecular flexibility index (Phi) is 5.76. The van der Waals surface area contributed by atoms with Gasteiger partial charge in [0.1, 0.15) is 0 Å². The molecule has 21 heavy (non-hydrogen) atoms. The van der Waals surface area contributed by atoms with Crippen LogP contribution < -0.4 is 5.32 Å². The molecule has 0 atom stereocenters. The summed E-state index contributed by atoms with van der Waals surface area (Å²) in [5.74, 6) is 0.187. The molecule has 0 bridgehead atoms. The Morgan fingerprint density at radius 1 is 1.33 bits per heavy atom. The van der Waals surface area contributed by atoms with Gasteiger partial charge in [0.2, 0.25) is 5.91 Å². The number of carbonyl (C=O) groups excluding carboxylic acids is 1. The summed E-state index contributed by atoms with van der Waals surface area (Å²) in [4.78, 5) is 14.4. The summed E-state index contributed by atoms with van der Waals surface area (Å²) in [5, 5.41) is 3.14. The summed E-state index contributed by atoms with van der Waals surface area (Å²) >= 11 is 0. The van der Waals surface area contributed by atoms with Gasteiger partial charge in [0, 0.05) is 26.2 Å². The van der Waals surface area contributed by atoms with Crippen LogP contribution in [-0.4, -0.2) is 43.7 Å². The number of carbonyl (C=O) groups is 1. The van der Waals surface area contributed by atoms with Crippen LogP contribution in [0.4, 0.5) is 0 Å². The lowest BCUT2D eigenvalue weighted by Crippen LogP contribution is -2.40. The number of nitrogens with zero attached hydrogens (tertiary/aromatic N) is 1. The third kappa shape index (κ3) is 4.83.